The van der Waals surface area contributed by atoms with E-state index in [0.717, 1.165) is 15.7 Å². The fraction of sp³-hybridized carbons (Fsp3) is 0.188. The van der Waals surface area contributed by atoms with Crippen LogP contribution in [-0.4, -0.2) is 18.0 Å². The van der Waals surface area contributed by atoms with Crippen molar-refractivity contribution in [2.45, 2.75) is 13.5 Å². The van der Waals surface area contributed by atoms with E-state index in [-0.39, 0.29) is 6.03 Å². The molecular weight excluding hydrogens is 316 g/mol. The first-order valence-corrected chi connectivity index (χ1v) is 7.17. The van der Waals surface area contributed by atoms with E-state index in [1.807, 2.05) is 55.5 Å². The molecule has 2 amide bonds. The van der Waals surface area contributed by atoms with Crippen LogP contribution in [-0.2, 0) is 6.54 Å². The summed E-state index contributed by atoms with van der Waals surface area (Å²) in [7, 11) is 1.78. The smallest absolute Gasteiger partial charge is 0.321 e. The highest BCUT2D eigenvalue weighted by Crippen LogP contribution is 2.14. The van der Waals surface area contributed by atoms with Gasteiger partial charge >= 0.3 is 6.03 Å². The molecule has 1 N–H and O–H groups in total. The quantitative estimate of drug-likeness (QED) is 0.886. The van der Waals surface area contributed by atoms with Crippen molar-refractivity contribution in [3.05, 3.63) is 64.1 Å². The van der Waals surface area contributed by atoms with Gasteiger partial charge in [-0.1, -0.05) is 45.8 Å². The Morgan fingerprint density at radius 1 is 1.20 bits per heavy atom. The van der Waals surface area contributed by atoms with Crippen molar-refractivity contribution in [2.24, 2.45) is 0 Å². The van der Waals surface area contributed by atoms with E-state index in [9.17, 15) is 4.79 Å². The first kappa shape index (κ1) is 14.6. The Balaban J connectivity index is 1.96. The van der Waals surface area contributed by atoms with Gasteiger partial charge in [0.15, 0.2) is 0 Å². The molecule has 2 rings (SSSR count). The molecule has 0 spiro atoms. The van der Waals surface area contributed by atoms with Gasteiger partial charge in [-0.2, -0.15) is 0 Å². The predicted octanol–water partition coefficient (Wildman–Crippen LogP) is 4.42. The molecule has 0 saturated heterocycles. The standard InChI is InChI=1S/C16H17BrN2O/c1-12-6-8-15(9-7-12)18-16(20)19(2)11-13-4-3-5-14(17)10-13/h3-10H,11H2,1-2H3,(H,18,20). The van der Waals surface area contributed by atoms with Crippen LogP contribution in [0.15, 0.2) is 53.0 Å². The SMILES string of the molecule is Cc1ccc(NC(=O)N(C)Cc2cccc(Br)c2)cc1. The van der Waals surface area contributed by atoms with Crippen molar-refractivity contribution in [2.75, 3.05) is 12.4 Å². The molecule has 104 valence electrons. The molecule has 0 unspecified atom stereocenters. The van der Waals surface area contributed by atoms with Crippen LogP contribution in [0.4, 0.5) is 10.5 Å². The molecule has 0 radical (unpaired) electrons. The normalized spacial score (nSPS) is 10.2. The Kier molecular flexibility index (Phi) is 4.79. The van der Waals surface area contributed by atoms with Crippen LogP contribution < -0.4 is 5.32 Å². The number of nitrogens with zero attached hydrogens (tertiary/aromatic N) is 1. The van der Waals surface area contributed by atoms with Crippen molar-refractivity contribution in [3.8, 4) is 0 Å². The lowest BCUT2D eigenvalue weighted by Gasteiger charge is -2.18. The maximum atomic E-state index is 12.1. The van der Waals surface area contributed by atoms with E-state index in [2.05, 4.69) is 21.2 Å². The summed E-state index contributed by atoms with van der Waals surface area (Å²) in [6.07, 6.45) is 0. The van der Waals surface area contributed by atoms with Crippen LogP contribution in [0.3, 0.4) is 0 Å². The van der Waals surface area contributed by atoms with E-state index in [1.165, 1.54) is 5.56 Å². The number of carbonyl (C=O) groups is 1. The lowest BCUT2D eigenvalue weighted by molar-refractivity contribution is 0.220. The van der Waals surface area contributed by atoms with Crippen molar-refractivity contribution in [1.82, 2.24) is 4.90 Å². The summed E-state index contributed by atoms with van der Waals surface area (Å²) in [6, 6.07) is 15.6. The topological polar surface area (TPSA) is 32.3 Å². The molecule has 0 aliphatic heterocycles. The van der Waals surface area contributed by atoms with E-state index >= 15 is 0 Å². The minimum atomic E-state index is -0.117. The van der Waals surface area contributed by atoms with E-state index in [4.69, 9.17) is 0 Å². The largest absolute Gasteiger partial charge is 0.323 e. The summed E-state index contributed by atoms with van der Waals surface area (Å²) in [5.41, 5.74) is 3.06. The molecule has 4 heteroatoms. The third-order valence-electron chi connectivity index (χ3n) is 2.96. The van der Waals surface area contributed by atoms with Gasteiger partial charge in [-0.15, -0.1) is 0 Å². The second-order valence-electron chi connectivity index (χ2n) is 4.78. The minimum Gasteiger partial charge on any atom is -0.323 e. The number of benzene rings is 2. The molecule has 0 heterocycles. The Labute approximate surface area is 127 Å². The number of amides is 2. The molecule has 0 fully saturated rings. The minimum absolute atomic E-state index is 0.117. The fourth-order valence-corrected chi connectivity index (χ4v) is 2.28. The number of hydrogen-bond acceptors (Lipinski definition) is 1. The Morgan fingerprint density at radius 2 is 1.90 bits per heavy atom. The van der Waals surface area contributed by atoms with Gasteiger partial charge in [-0.25, -0.2) is 4.79 Å². The number of nitrogens with one attached hydrogen (secondary N) is 1. The first-order valence-electron chi connectivity index (χ1n) is 6.38. The zero-order chi connectivity index (χ0) is 14.5. The molecule has 3 nitrogen and oxygen atoms in total. The van der Waals surface area contributed by atoms with Crippen LogP contribution in [0, 0.1) is 6.92 Å². The Morgan fingerprint density at radius 3 is 2.55 bits per heavy atom. The first-order chi connectivity index (χ1) is 9.54. The highest BCUT2D eigenvalue weighted by Gasteiger charge is 2.09. The van der Waals surface area contributed by atoms with Gasteiger partial charge in [0, 0.05) is 23.8 Å². The summed E-state index contributed by atoms with van der Waals surface area (Å²) in [4.78, 5) is 13.7. The molecular formula is C16H17BrN2O. The summed E-state index contributed by atoms with van der Waals surface area (Å²) >= 11 is 3.43. The Bertz CT molecular complexity index is 596. The molecule has 0 aliphatic rings. The van der Waals surface area contributed by atoms with Gasteiger partial charge < -0.3 is 10.2 Å². The van der Waals surface area contributed by atoms with E-state index < -0.39 is 0 Å². The average Bonchev–Trinajstić information content (AvgIpc) is 2.41. The number of aryl methyl sites for hydroxylation is 1. The van der Waals surface area contributed by atoms with E-state index in [1.54, 1.807) is 11.9 Å². The van der Waals surface area contributed by atoms with Gasteiger partial charge in [0.1, 0.15) is 0 Å². The average molecular weight is 333 g/mol. The van der Waals surface area contributed by atoms with Crippen LogP contribution in [0.1, 0.15) is 11.1 Å². The zero-order valence-electron chi connectivity index (χ0n) is 11.6. The number of halogens is 1. The van der Waals surface area contributed by atoms with Crippen LogP contribution in [0.5, 0.6) is 0 Å². The summed E-state index contributed by atoms with van der Waals surface area (Å²) in [5, 5.41) is 2.88. The second-order valence-corrected chi connectivity index (χ2v) is 5.70. The molecule has 0 aliphatic carbocycles. The predicted molar refractivity (Wildman–Crippen MR) is 85.8 cm³/mol. The summed E-state index contributed by atoms with van der Waals surface area (Å²) < 4.78 is 1.02. The number of urea groups is 1. The summed E-state index contributed by atoms with van der Waals surface area (Å²) in [6.45, 7) is 2.59. The van der Waals surface area contributed by atoms with Crippen molar-refractivity contribution < 1.29 is 4.79 Å². The highest BCUT2D eigenvalue weighted by molar-refractivity contribution is 9.10. The zero-order valence-corrected chi connectivity index (χ0v) is 13.1. The highest BCUT2D eigenvalue weighted by atomic mass is 79.9. The number of carbonyl (C=O) groups excluding carboxylic acids is 1. The fourth-order valence-electron chi connectivity index (χ4n) is 1.84. The van der Waals surface area contributed by atoms with Gasteiger partial charge in [-0.3, -0.25) is 0 Å². The van der Waals surface area contributed by atoms with Gasteiger partial charge in [-0.05, 0) is 36.8 Å². The molecule has 0 aromatic heterocycles. The van der Waals surface area contributed by atoms with Crippen molar-refractivity contribution in [3.63, 3.8) is 0 Å². The van der Waals surface area contributed by atoms with Gasteiger partial charge in [0.25, 0.3) is 0 Å². The molecule has 2 aromatic carbocycles. The molecule has 0 saturated carbocycles. The van der Waals surface area contributed by atoms with Crippen LogP contribution >= 0.6 is 15.9 Å². The Hall–Kier alpha value is -1.81. The maximum absolute atomic E-state index is 12.1. The van der Waals surface area contributed by atoms with Crippen molar-refractivity contribution >= 4 is 27.6 Å². The van der Waals surface area contributed by atoms with Crippen LogP contribution in [0.2, 0.25) is 0 Å². The third-order valence-corrected chi connectivity index (χ3v) is 3.45. The molecule has 20 heavy (non-hydrogen) atoms. The van der Waals surface area contributed by atoms with Gasteiger partial charge in [0.2, 0.25) is 0 Å². The van der Waals surface area contributed by atoms with E-state index in [0.29, 0.717) is 6.54 Å². The van der Waals surface area contributed by atoms with Crippen molar-refractivity contribution in [1.29, 1.82) is 0 Å². The monoisotopic (exact) mass is 332 g/mol. The number of anilines is 1. The third kappa shape index (κ3) is 4.10. The maximum Gasteiger partial charge on any atom is 0.321 e. The van der Waals surface area contributed by atoms with Crippen LogP contribution in [0.25, 0.3) is 0 Å². The molecule has 0 bridgehead atoms. The second kappa shape index (κ2) is 6.57. The lowest BCUT2D eigenvalue weighted by atomic mass is 10.2. The molecule has 0 atom stereocenters. The number of hydrogen-bond donors (Lipinski definition) is 1. The molecule has 2 aromatic rings. The lowest BCUT2D eigenvalue weighted by Crippen LogP contribution is -2.30. The number of rotatable bonds is 3. The summed E-state index contributed by atoms with van der Waals surface area (Å²) in [5.74, 6) is 0. The van der Waals surface area contributed by atoms with Gasteiger partial charge in [0.05, 0.1) is 0 Å².